The zero-order chi connectivity index (χ0) is 19.4. The molecule has 144 valence electrons. The average molecular weight is 447 g/mol. The quantitative estimate of drug-likeness (QED) is 0.697. The summed E-state index contributed by atoms with van der Waals surface area (Å²) in [5, 5.41) is 5.16. The standard InChI is InChI=1S/C19H19Cl4N3O/c20-13-4-5-18(17(23)10-13)24-19(27)12-26-8-6-25(7-9-26)11-14-15(21)2-1-3-16(14)22/h1-5,10H,6-9,11-12H2,(H,24,27). The Balaban J connectivity index is 1.48. The van der Waals surface area contributed by atoms with E-state index in [0.717, 1.165) is 31.7 Å². The van der Waals surface area contributed by atoms with Gasteiger partial charge in [-0.15, -0.1) is 0 Å². The number of carbonyl (C=O) groups is 1. The number of benzene rings is 2. The number of hydrogen-bond acceptors (Lipinski definition) is 3. The van der Waals surface area contributed by atoms with Gasteiger partial charge in [0.2, 0.25) is 5.91 Å². The summed E-state index contributed by atoms with van der Waals surface area (Å²) < 4.78 is 0. The van der Waals surface area contributed by atoms with E-state index in [1.165, 1.54) is 0 Å². The lowest BCUT2D eigenvalue weighted by Gasteiger charge is -2.34. The van der Waals surface area contributed by atoms with E-state index >= 15 is 0 Å². The van der Waals surface area contributed by atoms with Gasteiger partial charge < -0.3 is 5.32 Å². The molecule has 0 unspecified atom stereocenters. The number of hydrogen-bond donors (Lipinski definition) is 1. The fraction of sp³-hybridized carbons (Fsp3) is 0.316. The Morgan fingerprint density at radius 3 is 2.15 bits per heavy atom. The van der Waals surface area contributed by atoms with Crippen LogP contribution in [0, 0.1) is 0 Å². The molecule has 1 N–H and O–H groups in total. The lowest BCUT2D eigenvalue weighted by Crippen LogP contribution is -2.48. The fourth-order valence-electron chi connectivity index (χ4n) is 3.00. The van der Waals surface area contributed by atoms with Crippen molar-refractivity contribution in [1.29, 1.82) is 0 Å². The number of nitrogens with one attached hydrogen (secondary N) is 1. The number of piperazine rings is 1. The van der Waals surface area contributed by atoms with Gasteiger partial charge in [0.05, 0.1) is 17.3 Å². The fourth-order valence-corrected chi connectivity index (χ4v) is 3.97. The lowest BCUT2D eigenvalue weighted by atomic mass is 10.2. The summed E-state index contributed by atoms with van der Waals surface area (Å²) in [6.07, 6.45) is 0. The van der Waals surface area contributed by atoms with E-state index in [4.69, 9.17) is 46.4 Å². The lowest BCUT2D eigenvalue weighted by molar-refractivity contribution is -0.117. The van der Waals surface area contributed by atoms with Crippen LogP contribution in [0.15, 0.2) is 36.4 Å². The molecule has 0 aliphatic carbocycles. The molecule has 0 bridgehead atoms. The van der Waals surface area contributed by atoms with Crippen LogP contribution in [-0.4, -0.2) is 48.4 Å². The van der Waals surface area contributed by atoms with E-state index in [0.29, 0.717) is 38.9 Å². The third-order valence-electron chi connectivity index (χ3n) is 4.48. The maximum absolute atomic E-state index is 12.3. The molecule has 0 atom stereocenters. The van der Waals surface area contributed by atoms with Crippen LogP contribution in [0.25, 0.3) is 0 Å². The molecule has 1 aliphatic heterocycles. The number of nitrogens with zero attached hydrogens (tertiary/aromatic N) is 2. The molecule has 1 amide bonds. The molecule has 0 saturated carbocycles. The minimum absolute atomic E-state index is 0.0955. The number of rotatable bonds is 5. The summed E-state index contributed by atoms with van der Waals surface area (Å²) >= 11 is 24.5. The SMILES string of the molecule is O=C(CN1CCN(Cc2c(Cl)cccc2Cl)CC1)Nc1ccc(Cl)cc1Cl. The first-order valence-corrected chi connectivity index (χ1v) is 10.1. The molecule has 1 aliphatic rings. The second-order valence-corrected chi connectivity index (χ2v) is 8.08. The van der Waals surface area contributed by atoms with Gasteiger partial charge in [-0.2, -0.15) is 0 Å². The predicted octanol–water partition coefficient (Wildman–Crippen LogP) is 5.06. The molecule has 0 spiro atoms. The van der Waals surface area contributed by atoms with E-state index in [-0.39, 0.29) is 5.91 Å². The van der Waals surface area contributed by atoms with Crippen molar-refractivity contribution < 1.29 is 4.79 Å². The Kier molecular flexibility index (Phi) is 7.26. The molecular weight excluding hydrogens is 428 g/mol. The highest BCUT2D eigenvalue weighted by Gasteiger charge is 2.20. The predicted molar refractivity (Wildman–Crippen MR) is 113 cm³/mol. The Labute approximate surface area is 178 Å². The van der Waals surface area contributed by atoms with Crippen LogP contribution in [0.5, 0.6) is 0 Å². The zero-order valence-corrected chi connectivity index (χ0v) is 17.5. The van der Waals surface area contributed by atoms with Gasteiger partial charge in [0, 0.05) is 53.4 Å². The highest BCUT2D eigenvalue weighted by atomic mass is 35.5. The van der Waals surface area contributed by atoms with Crippen molar-refractivity contribution in [3.05, 3.63) is 62.1 Å². The van der Waals surface area contributed by atoms with Gasteiger partial charge >= 0.3 is 0 Å². The molecular formula is C19H19Cl4N3O. The maximum atomic E-state index is 12.3. The molecule has 0 aromatic heterocycles. The Morgan fingerprint density at radius 2 is 1.52 bits per heavy atom. The Morgan fingerprint density at radius 1 is 0.889 bits per heavy atom. The van der Waals surface area contributed by atoms with Gasteiger partial charge in [-0.05, 0) is 30.3 Å². The van der Waals surface area contributed by atoms with Gasteiger partial charge in [-0.25, -0.2) is 0 Å². The molecule has 8 heteroatoms. The first kappa shape index (κ1) is 20.7. The summed E-state index contributed by atoms with van der Waals surface area (Å²) in [7, 11) is 0. The molecule has 1 heterocycles. The van der Waals surface area contributed by atoms with Crippen LogP contribution < -0.4 is 5.32 Å². The molecule has 2 aromatic rings. The zero-order valence-electron chi connectivity index (χ0n) is 14.5. The Bertz CT molecular complexity index is 802. The third kappa shape index (κ3) is 5.74. The van der Waals surface area contributed by atoms with Crippen molar-refractivity contribution in [3.63, 3.8) is 0 Å². The minimum atomic E-state index is -0.0955. The van der Waals surface area contributed by atoms with Gasteiger partial charge in [-0.3, -0.25) is 14.6 Å². The van der Waals surface area contributed by atoms with Crippen LogP contribution in [-0.2, 0) is 11.3 Å². The number of halogens is 4. The van der Waals surface area contributed by atoms with E-state index < -0.39 is 0 Å². The molecule has 27 heavy (non-hydrogen) atoms. The summed E-state index contributed by atoms with van der Waals surface area (Å²) in [6.45, 7) is 4.30. The monoisotopic (exact) mass is 445 g/mol. The smallest absolute Gasteiger partial charge is 0.238 e. The molecule has 2 aromatic carbocycles. The summed E-state index contributed by atoms with van der Waals surface area (Å²) in [5.41, 5.74) is 1.52. The molecule has 1 saturated heterocycles. The van der Waals surface area contributed by atoms with Crippen molar-refractivity contribution in [3.8, 4) is 0 Å². The van der Waals surface area contributed by atoms with E-state index in [2.05, 4.69) is 15.1 Å². The van der Waals surface area contributed by atoms with Crippen LogP contribution >= 0.6 is 46.4 Å². The second kappa shape index (κ2) is 9.46. The van der Waals surface area contributed by atoms with E-state index in [1.54, 1.807) is 18.2 Å². The average Bonchev–Trinajstić information content (AvgIpc) is 2.62. The van der Waals surface area contributed by atoms with Crippen molar-refractivity contribution >= 4 is 58.0 Å². The largest absolute Gasteiger partial charge is 0.324 e. The first-order valence-electron chi connectivity index (χ1n) is 8.55. The summed E-state index contributed by atoms with van der Waals surface area (Å²) in [6, 6.07) is 10.6. The normalized spacial score (nSPS) is 15.7. The van der Waals surface area contributed by atoms with E-state index in [9.17, 15) is 4.79 Å². The van der Waals surface area contributed by atoms with Gasteiger partial charge in [0.1, 0.15) is 0 Å². The van der Waals surface area contributed by atoms with E-state index in [1.807, 2.05) is 18.2 Å². The van der Waals surface area contributed by atoms with Crippen LogP contribution in [0.4, 0.5) is 5.69 Å². The molecule has 3 rings (SSSR count). The van der Waals surface area contributed by atoms with Gasteiger partial charge in [-0.1, -0.05) is 52.5 Å². The van der Waals surface area contributed by atoms with Crippen LogP contribution in [0.2, 0.25) is 20.1 Å². The topological polar surface area (TPSA) is 35.6 Å². The van der Waals surface area contributed by atoms with Gasteiger partial charge in [0.25, 0.3) is 0 Å². The summed E-state index contributed by atoms with van der Waals surface area (Å²) in [4.78, 5) is 16.7. The van der Waals surface area contributed by atoms with Crippen molar-refractivity contribution in [2.45, 2.75) is 6.54 Å². The molecule has 0 radical (unpaired) electrons. The van der Waals surface area contributed by atoms with Crippen molar-refractivity contribution in [1.82, 2.24) is 9.80 Å². The highest BCUT2D eigenvalue weighted by molar-refractivity contribution is 6.37. The molecule has 1 fully saturated rings. The number of amides is 1. The second-order valence-electron chi connectivity index (χ2n) is 6.42. The van der Waals surface area contributed by atoms with Crippen LogP contribution in [0.1, 0.15) is 5.56 Å². The van der Waals surface area contributed by atoms with Crippen molar-refractivity contribution in [2.75, 3.05) is 38.0 Å². The van der Waals surface area contributed by atoms with Crippen LogP contribution in [0.3, 0.4) is 0 Å². The first-order chi connectivity index (χ1) is 12.9. The number of carbonyl (C=O) groups excluding carboxylic acids is 1. The summed E-state index contributed by atoms with van der Waals surface area (Å²) in [5.74, 6) is -0.0955. The van der Waals surface area contributed by atoms with Crippen molar-refractivity contribution in [2.24, 2.45) is 0 Å². The Hall–Kier alpha value is -1.01. The maximum Gasteiger partial charge on any atom is 0.238 e. The third-order valence-corrected chi connectivity index (χ3v) is 5.74. The highest BCUT2D eigenvalue weighted by Crippen LogP contribution is 2.27. The molecule has 4 nitrogen and oxygen atoms in total. The van der Waals surface area contributed by atoms with Gasteiger partial charge in [0.15, 0.2) is 0 Å². The number of anilines is 1. The minimum Gasteiger partial charge on any atom is -0.324 e.